The van der Waals surface area contributed by atoms with Gasteiger partial charge in [0, 0.05) is 13.0 Å². The highest BCUT2D eigenvalue weighted by Crippen LogP contribution is 2.38. The van der Waals surface area contributed by atoms with Crippen LogP contribution in [0.2, 0.25) is 0 Å². The normalized spacial score (nSPS) is 15.0. The van der Waals surface area contributed by atoms with Crippen LogP contribution in [0.25, 0.3) is 0 Å². The number of phosphoric ester groups is 1. The van der Waals surface area contributed by atoms with Gasteiger partial charge in [-0.05, 0) is 109 Å². The molecule has 0 rings (SSSR count). The van der Waals surface area contributed by atoms with Gasteiger partial charge in [-0.15, -0.1) is 0 Å². The lowest BCUT2D eigenvalue weighted by Gasteiger charge is -2.28. The van der Waals surface area contributed by atoms with Gasteiger partial charge in [0.25, 0.3) is 7.82 Å². The molecule has 2 atom stereocenters. The number of carbonyl (C=O) groups is 1. The molecule has 63 heavy (non-hydrogen) atoms. The summed E-state index contributed by atoms with van der Waals surface area (Å²) in [4.78, 5) is 25.1. The number of phosphoric acid groups is 1. The first-order valence-electron chi connectivity index (χ1n) is 23.6. The third-order valence-corrected chi connectivity index (χ3v) is 9.85. The number of carbonyl (C=O) groups excluding carboxylic acids is 1. The second kappa shape index (κ2) is 45.0. The number of esters is 1. The molecule has 8 nitrogen and oxygen atoms in total. The predicted octanol–water partition coefficient (Wildman–Crippen LogP) is 13.9. The molecular formula is C54H86NO7P. The van der Waals surface area contributed by atoms with E-state index in [9.17, 15) is 14.3 Å². The third kappa shape index (κ3) is 49.3. The van der Waals surface area contributed by atoms with E-state index >= 15 is 0 Å². The number of ether oxygens (including phenoxy) is 2. The highest BCUT2D eigenvalue weighted by atomic mass is 31.2. The number of likely N-dealkylation sites (N-methyl/N-ethyl adjacent to an activating group) is 1. The number of unbranched alkanes of at least 4 members (excludes halogenated alkanes) is 3. The number of hydrogen-bond acceptors (Lipinski definition) is 7. The van der Waals surface area contributed by atoms with E-state index < -0.39 is 19.9 Å². The molecule has 0 spiro atoms. The molecule has 354 valence electrons. The molecule has 0 aliphatic heterocycles. The lowest BCUT2D eigenvalue weighted by molar-refractivity contribution is -0.870. The van der Waals surface area contributed by atoms with Gasteiger partial charge < -0.3 is 27.9 Å². The molecule has 0 aliphatic rings. The van der Waals surface area contributed by atoms with E-state index in [1.54, 1.807) is 0 Å². The fourth-order valence-corrected chi connectivity index (χ4v) is 6.06. The number of nitrogens with zero attached hydrogens (tertiary/aromatic N) is 1. The Labute approximate surface area is 385 Å². The van der Waals surface area contributed by atoms with Crippen molar-refractivity contribution in [3.05, 3.63) is 146 Å². The molecule has 0 bridgehead atoms. The Morgan fingerprint density at radius 2 is 0.857 bits per heavy atom. The van der Waals surface area contributed by atoms with E-state index in [4.69, 9.17) is 18.5 Å². The lowest BCUT2D eigenvalue weighted by Crippen LogP contribution is -2.37. The first-order valence-corrected chi connectivity index (χ1v) is 25.0. The van der Waals surface area contributed by atoms with E-state index in [2.05, 4.69) is 160 Å². The van der Waals surface area contributed by atoms with E-state index in [1.165, 1.54) is 0 Å². The monoisotopic (exact) mass is 892 g/mol. The van der Waals surface area contributed by atoms with Crippen LogP contribution in [0.4, 0.5) is 0 Å². The molecule has 0 aromatic heterocycles. The Morgan fingerprint density at radius 1 is 0.492 bits per heavy atom. The number of hydrogen-bond donors (Lipinski definition) is 0. The second-order valence-electron chi connectivity index (χ2n) is 16.0. The summed E-state index contributed by atoms with van der Waals surface area (Å²) in [5.41, 5.74) is 0. The van der Waals surface area contributed by atoms with E-state index in [0.29, 0.717) is 24.1 Å². The Balaban J connectivity index is 4.45. The van der Waals surface area contributed by atoms with Gasteiger partial charge in [0.2, 0.25) is 0 Å². The van der Waals surface area contributed by atoms with Gasteiger partial charge in [-0.2, -0.15) is 0 Å². The van der Waals surface area contributed by atoms with Crippen molar-refractivity contribution in [3.63, 3.8) is 0 Å². The van der Waals surface area contributed by atoms with Crippen molar-refractivity contribution in [1.82, 2.24) is 0 Å². The van der Waals surface area contributed by atoms with Gasteiger partial charge in [0.05, 0.1) is 34.4 Å². The minimum absolute atomic E-state index is 0.00338. The molecule has 0 saturated heterocycles. The zero-order chi connectivity index (χ0) is 46.2. The average molecular weight is 892 g/mol. The summed E-state index contributed by atoms with van der Waals surface area (Å²) in [6.07, 6.45) is 67.4. The summed E-state index contributed by atoms with van der Waals surface area (Å²) in [7, 11) is 1.26. The van der Waals surface area contributed by atoms with Crippen LogP contribution in [0.3, 0.4) is 0 Å². The van der Waals surface area contributed by atoms with Crippen LogP contribution >= 0.6 is 7.82 Å². The fraction of sp³-hybridized carbons (Fsp3) is 0.537. The van der Waals surface area contributed by atoms with Gasteiger partial charge in [-0.1, -0.05) is 160 Å². The highest BCUT2D eigenvalue weighted by molar-refractivity contribution is 7.45. The van der Waals surface area contributed by atoms with Crippen LogP contribution in [-0.4, -0.2) is 70.7 Å². The van der Waals surface area contributed by atoms with Crippen molar-refractivity contribution < 1.29 is 37.3 Å². The molecule has 2 unspecified atom stereocenters. The summed E-state index contributed by atoms with van der Waals surface area (Å²) in [6.45, 7) is 4.91. The number of rotatable bonds is 41. The molecule has 0 heterocycles. The summed E-state index contributed by atoms with van der Waals surface area (Å²) in [5.74, 6) is -0.403. The zero-order valence-electron chi connectivity index (χ0n) is 39.9. The number of quaternary nitrogens is 1. The van der Waals surface area contributed by atoms with Gasteiger partial charge in [0.1, 0.15) is 19.3 Å². The standard InChI is InChI=1S/C54H86NO7P/c1-6-8-10-12-14-16-18-20-22-24-26-28-29-31-33-35-37-39-41-43-45-47-54(56)62-53(52-61-63(57,58)60-50-48-55(3,4)5)51-59-49-46-44-42-40-38-36-34-32-30-27-25-23-21-19-17-15-13-11-9-7-2/h8-11,14-17,20-23,26-28,30-31,33-34,36-37,39-40,42,53H,6-7,12-13,18-19,24-25,29,32,35,38,41,43-52H2,1-5H3/b10-8-,11-9-,16-14-,17-15-,22-20-,23-21-,28-26-,30-27-,33-31-,36-34-,39-37-,42-40-. The molecule has 0 radical (unpaired) electrons. The van der Waals surface area contributed by atoms with Gasteiger partial charge in [0.15, 0.2) is 0 Å². The van der Waals surface area contributed by atoms with Gasteiger partial charge in [-0.25, -0.2) is 0 Å². The van der Waals surface area contributed by atoms with Crippen LogP contribution in [0.5, 0.6) is 0 Å². The van der Waals surface area contributed by atoms with Crippen molar-refractivity contribution in [2.75, 3.05) is 54.1 Å². The number of allylic oxidation sites excluding steroid dienone is 24. The van der Waals surface area contributed by atoms with Crippen molar-refractivity contribution in [1.29, 1.82) is 0 Å². The average Bonchev–Trinajstić information content (AvgIpc) is 3.24. The maximum atomic E-state index is 12.7. The van der Waals surface area contributed by atoms with Crippen molar-refractivity contribution in [2.45, 2.75) is 136 Å². The Hall–Kier alpha value is -3.62. The minimum Gasteiger partial charge on any atom is -0.756 e. The molecule has 0 N–H and O–H groups in total. The van der Waals surface area contributed by atoms with E-state index in [0.717, 1.165) is 103 Å². The van der Waals surface area contributed by atoms with Crippen LogP contribution < -0.4 is 4.89 Å². The van der Waals surface area contributed by atoms with E-state index in [-0.39, 0.29) is 26.2 Å². The second-order valence-corrected chi connectivity index (χ2v) is 17.4. The summed E-state index contributed by atoms with van der Waals surface area (Å²) in [6, 6.07) is 0. The predicted molar refractivity (Wildman–Crippen MR) is 267 cm³/mol. The van der Waals surface area contributed by atoms with Crippen molar-refractivity contribution in [2.24, 2.45) is 0 Å². The van der Waals surface area contributed by atoms with E-state index in [1.807, 2.05) is 21.1 Å². The summed E-state index contributed by atoms with van der Waals surface area (Å²) >= 11 is 0. The molecule has 0 aromatic rings. The maximum absolute atomic E-state index is 12.7. The molecular weight excluding hydrogens is 806 g/mol. The van der Waals surface area contributed by atoms with Crippen molar-refractivity contribution >= 4 is 13.8 Å². The quantitative estimate of drug-likeness (QED) is 0.0198. The van der Waals surface area contributed by atoms with Gasteiger partial charge >= 0.3 is 5.97 Å². The van der Waals surface area contributed by atoms with Crippen LogP contribution in [0.15, 0.2) is 146 Å². The molecule has 0 fully saturated rings. The van der Waals surface area contributed by atoms with Gasteiger partial charge in [-0.3, -0.25) is 9.36 Å². The molecule has 0 aromatic carbocycles. The molecule has 0 aliphatic carbocycles. The Bertz CT molecular complexity index is 1500. The molecule has 0 saturated carbocycles. The SMILES string of the molecule is CC/C=C\C/C=C\C/C=C\C/C=C\C/C=C\C/C=C\CCCCC(=O)OC(COCCC/C=C\C/C=C\C/C=C\C/C=C\C/C=C\C/C=C\CC)COP(=O)([O-])OCC[N+](C)(C)C. The largest absolute Gasteiger partial charge is 0.756 e. The molecule has 9 heteroatoms. The summed E-state index contributed by atoms with van der Waals surface area (Å²) < 4.78 is 34.5. The van der Waals surface area contributed by atoms with Crippen molar-refractivity contribution in [3.8, 4) is 0 Å². The first-order chi connectivity index (χ1) is 30.6. The lowest BCUT2D eigenvalue weighted by atomic mass is 10.2. The summed E-state index contributed by atoms with van der Waals surface area (Å²) in [5, 5.41) is 0. The topological polar surface area (TPSA) is 94.1 Å². The first kappa shape index (κ1) is 59.4. The van der Waals surface area contributed by atoms with Crippen LogP contribution in [0.1, 0.15) is 129 Å². The Morgan fingerprint density at radius 3 is 1.24 bits per heavy atom. The smallest absolute Gasteiger partial charge is 0.306 e. The third-order valence-electron chi connectivity index (χ3n) is 8.89. The fourth-order valence-electron chi connectivity index (χ4n) is 5.33. The molecule has 0 amide bonds. The Kier molecular flexibility index (Phi) is 42.4. The minimum atomic E-state index is -4.57. The zero-order valence-corrected chi connectivity index (χ0v) is 40.8. The van der Waals surface area contributed by atoms with Crippen LogP contribution in [-0.2, 0) is 27.9 Å². The van der Waals surface area contributed by atoms with Crippen LogP contribution in [0, 0.1) is 0 Å². The highest BCUT2D eigenvalue weighted by Gasteiger charge is 2.20. The maximum Gasteiger partial charge on any atom is 0.306 e.